The van der Waals surface area contributed by atoms with Gasteiger partial charge >= 0.3 is 6.03 Å². The maximum atomic E-state index is 14.7. The Balaban J connectivity index is 1.57. The second-order valence-electron chi connectivity index (χ2n) is 19.1. The predicted octanol–water partition coefficient (Wildman–Crippen LogP) is 5.40. The molecule has 1 unspecified atom stereocenters. The smallest absolute Gasteiger partial charge is 0.315 e. The Labute approximate surface area is 316 Å². The zero-order valence-corrected chi connectivity index (χ0v) is 33.3. The maximum absolute atomic E-state index is 14.7. The van der Waals surface area contributed by atoms with Gasteiger partial charge in [-0.2, -0.15) is 0 Å². The van der Waals surface area contributed by atoms with Gasteiger partial charge in [-0.1, -0.05) is 61.5 Å². The monoisotopic (exact) mass is 734 g/mol. The first-order valence-electron chi connectivity index (χ1n) is 19.4. The van der Waals surface area contributed by atoms with E-state index in [1.165, 1.54) is 4.90 Å². The molecule has 6 atom stereocenters. The number of rotatable bonds is 15. The number of imide groups is 1. The molecule has 2 saturated heterocycles. The van der Waals surface area contributed by atoms with E-state index in [-0.39, 0.29) is 85.8 Å². The number of Topliss-reactive ketones (excluding diaryl/α,β-unsaturated/α-hetero) is 3. The Kier molecular flexibility index (Phi) is 12.6. The van der Waals surface area contributed by atoms with Crippen LogP contribution in [0.1, 0.15) is 126 Å². The molecule has 1 spiro atoms. The van der Waals surface area contributed by atoms with Gasteiger partial charge in [0.1, 0.15) is 6.04 Å². The number of likely N-dealkylation sites (tertiary alicyclic amines) is 2. The molecule has 4 rings (SSSR count). The SMILES string of the molecule is C#CCCC(CC(=O)[C@@H]1[C@H]2CCC3(CC3)[C@H]2CN1C(=O)[C@@H](NC(=O)N[C@H](CN1C(=O)CC(C)(C)CC1=O)C(C)(C)C)C(C)(C)C)C(=O)C(=O)CCC=C. The van der Waals surface area contributed by atoms with Gasteiger partial charge in [-0.15, -0.1) is 18.9 Å². The third-order valence-corrected chi connectivity index (χ3v) is 12.2. The first kappa shape index (κ1) is 41.9. The van der Waals surface area contributed by atoms with Crippen LogP contribution >= 0.6 is 0 Å². The number of carbonyl (C=O) groups excluding carboxylic acids is 7. The number of carbonyl (C=O) groups is 7. The molecular formula is C42H62N4O7. The number of ketones is 3. The summed E-state index contributed by atoms with van der Waals surface area (Å²) in [6, 6.07) is -3.04. The summed E-state index contributed by atoms with van der Waals surface area (Å²) in [5.74, 6) is -0.621. The summed E-state index contributed by atoms with van der Waals surface area (Å²) < 4.78 is 0. The highest BCUT2D eigenvalue weighted by molar-refractivity contribution is 6.38. The van der Waals surface area contributed by atoms with Crippen LogP contribution in [-0.4, -0.2) is 82.1 Å². The molecule has 11 nitrogen and oxygen atoms in total. The first-order valence-corrected chi connectivity index (χ1v) is 19.4. The molecule has 292 valence electrons. The zero-order valence-electron chi connectivity index (χ0n) is 33.3. The van der Waals surface area contributed by atoms with Gasteiger partial charge in [-0.05, 0) is 72.0 Å². The van der Waals surface area contributed by atoms with E-state index < -0.39 is 57.9 Å². The molecule has 0 radical (unpaired) electrons. The van der Waals surface area contributed by atoms with Crippen LogP contribution < -0.4 is 10.6 Å². The molecule has 2 saturated carbocycles. The molecule has 0 aromatic heterocycles. The van der Waals surface area contributed by atoms with Crippen LogP contribution in [0.15, 0.2) is 12.7 Å². The molecule has 11 heteroatoms. The lowest BCUT2D eigenvalue weighted by Crippen LogP contribution is -2.62. The summed E-state index contributed by atoms with van der Waals surface area (Å²) in [5.41, 5.74) is -1.63. The van der Waals surface area contributed by atoms with Crippen molar-refractivity contribution in [3.8, 4) is 12.3 Å². The number of piperidine rings is 1. The fourth-order valence-corrected chi connectivity index (χ4v) is 8.79. The second kappa shape index (κ2) is 15.9. The number of urea groups is 1. The van der Waals surface area contributed by atoms with Crippen LogP contribution in [0.5, 0.6) is 0 Å². The van der Waals surface area contributed by atoms with Gasteiger partial charge in [0.15, 0.2) is 11.6 Å². The van der Waals surface area contributed by atoms with Crippen molar-refractivity contribution in [1.82, 2.24) is 20.4 Å². The number of nitrogens with zero attached hydrogens (tertiary/aromatic N) is 2. The number of terminal acetylenes is 1. The molecule has 2 aliphatic carbocycles. The Morgan fingerprint density at radius 2 is 1.60 bits per heavy atom. The van der Waals surface area contributed by atoms with E-state index in [0.29, 0.717) is 13.0 Å². The molecular weight excluding hydrogens is 672 g/mol. The minimum atomic E-state index is -1.02. The lowest BCUT2D eigenvalue weighted by atomic mass is 9.80. The standard InChI is InChI=1S/C42H62N4O7/c1-11-13-15-26(35(51)29(47)16-14-12-2)21-30(48)34-27-17-18-42(19-20-42)28(27)24-46(34)37(52)36(40(6,7)8)44-38(53)43-31(39(3,4)5)25-45-32(49)22-41(9,10)23-33(45)50/h1,12,26-28,31,34,36H,2,13-25H2,3-10H3,(H2,43,44,53)/t26?,27-,28-,31+,34-,36+/m0/s1. The first-order chi connectivity index (χ1) is 24.5. The van der Waals surface area contributed by atoms with Crippen LogP contribution in [0, 0.1) is 51.8 Å². The minimum Gasteiger partial charge on any atom is -0.333 e. The van der Waals surface area contributed by atoms with E-state index in [0.717, 1.165) is 25.7 Å². The third kappa shape index (κ3) is 9.66. The summed E-state index contributed by atoms with van der Waals surface area (Å²) in [6.07, 6.45) is 12.1. The second-order valence-corrected chi connectivity index (χ2v) is 19.1. The van der Waals surface area contributed by atoms with Gasteiger partial charge in [-0.3, -0.25) is 33.7 Å². The molecule has 0 bridgehead atoms. The Hall–Kier alpha value is -3.81. The number of hydrogen-bond donors (Lipinski definition) is 2. The summed E-state index contributed by atoms with van der Waals surface area (Å²) in [5, 5.41) is 5.89. The van der Waals surface area contributed by atoms with Crippen molar-refractivity contribution >= 4 is 41.1 Å². The minimum absolute atomic E-state index is 0.00258. The van der Waals surface area contributed by atoms with E-state index in [1.807, 2.05) is 55.4 Å². The van der Waals surface area contributed by atoms with E-state index in [9.17, 15) is 33.6 Å². The van der Waals surface area contributed by atoms with E-state index in [1.54, 1.807) is 11.0 Å². The van der Waals surface area contributed by atoms with Gasteiger partial charge in [0.25, 0.3) is 0 Å². The summed E-state index contributed by atoms with van der Waals surface area (Å²) in [4.78, 5) is 97.9. The van der Waals surface area contributed by atoms with Crippen LogP contribution in [0.3, 0.4) is 0 Å². The van der Waals surface area contributed by atoms with E-state index in [2.05, 4.69) is 23.1 Å². The van der Waals surface area contributed by atoms with Crippen molar-refractivity contribution in [3.63, 3.8) is 0 Å². The van der Waals surface area contributed by atoms with E-state index in [4.69, 9.17) is 6.42 Å². The number of nitrogens with one attached hydrogen (secondary N) is 2. The number of allylic oxidation sites excluding steroid dienone is 1. The topological polar surface area (TPSA) is 150 Å². The molecule has 53 heavy (non-hydrogen) atoms. The molecule has 4 aliphatic rings. The van der Waals surface area contributed by atoms with Crippen molar-refractivity contribution in [1.29, 1.82) is 0 Å². The molecule has 0 aromatic carbocycles. The highest BCUT2D eigenvalue weighted by Gasteiger charge is 2.64. The fourth-order valence-electron chi connectivity index (χ4n) is 8.79. The summed E-state index contributed by atoms with van der Waals surface area (Å²) >= 11 is 0. The number of amides is 5. The van der Waals surface area contributed by atoms with Crippen LogP contribution in [0.2, 0.25) is 0 Å². The quantitative estimate of drug-likeness (QED) is 0.0991. The van der Waals surface area contributed by atoms with Gasteiger partial charge in [0.05, 0.1) is 12.1 Å². The molecule has 0 aromatic rings. The fraction of sp³-hybridized carbons (Fsp3) is 0.738. The van der Waals surface area contributed by atoms with Crippen molar-refractivity contribution < 1.29 is 33.6 Å². The van der Waals surface area contributed by atoms with Gasteiger partial charge in [-0.25, -0.2) is 4.79 Å². The highest BCUT2D eigenvalue weighted by atomic mass is 16.2. The predicted molar refractivity (Wildman–Crippen MR) is 202 cm³/mol. The van der Waals surface area contributed by atoms with Crippen LogP contribution in [-0.2, 0) is 28.8 Å². The highest BCUT2D eigenvalue weighted by Crippen LogP contribution is 2.66. The Morgan fingerprint density at radius 1 is 0.981 bits per heavy atom. The maximum Gasteiger partial charge on any atom is 0.315 e. The molecule has 5 amide bonds. The average Bonchev–Trinajstić information content (AvgIpc) is 3.61. The van der Waals surface area contributed by atoms with Crippen LogP contribution in [0.4, 0.5) is 4.79 Å². The normalized spacial score (nSPS) is 24.8. The lowest BCUT2D eigenvalue weighted by Gasteiger charge is -2.40. The number of fused-ring (bicyclic) bond motifs is 2. The van der Waals surface area contributed by atoms with E-state index >= 15 is 0 Å². The molecule has 2 aliphatic heterocycles. The molecule has 2 N–H and O–H groups in total. The Bertz CT molecular complexity index is 1520. The average molecular weight is 735 g/mol. The summed E-state index contributed by atoms with van der Waals surface area (Å²) in [6.45, 7) is 19.1. The molecule has 4 fully saturated rings. The van der Waals surface area contributed by atoms with Crippen molar-refractivity contribution in [2.45, 2.75) is 144 Å². The molecule has 2 heterocycles. The van der Waals surface area contributed by atoms with Gasteiger partial charge in [0.2, 0.25) is 23.5 Å². The zero-order chi connectivity index (χ0) is 39.7. The largest absolute Gasteiger partial charge is 0.333 e. The Morgan fingerprint density at radius 3 is 2.13 bits per heavy atom. The third-order valence-electron chi connectivity index (χ3n) is 12.2. The van der Waals surface area contributed by atoms with Gasteiger partial charge in [0, 0.05) is 51.1 Å². The van der Waals surface area contributed by atoms with Crippen molar-refractivity contribution in [2.24, 2.45) is 39.4 Å². The summed E-state index contributed by atoms with van der Waals surface area (Å²) in [7, 11) is 0. The van der Waals surface area contributed by atoms with Crippen LogP contribution in [0.25, 0.3) is 0 Å². The van der Waals surface area contributed by atoms with Crippen molar-refractivity contribution in [2.75, 3.05) is 13.1 Å². The van der Waals surface area contributed by atoms with Crippen molar-refractivity contribution in [3.05, 3.63) is 12.7 Å². The van der Waals surface area contributed by atoms with Gasteiger partial charge < -0.3 is 15.5 Å². The lowest BCUT2D eigenvalue weighted by molar-refractivity contribution is -0.153. The number of hydrogen-bond acceptors (Lipinski definition) is 7.